The molecule has 7 heteroatoms. The van der Waals surface area contributed by atoms with Crippen LogP contribution in [0.1, 0.15) is 31.2 Å². The maximum Gasteiger partial charge on any atom is 0.240 e. The first kappa shape index (κ1) is 19.6. The third-order valence-corrected chi connectivity index (χ3v) is 4.74. The highest BCUT2D eigenvalue weighted by Gasteiger charge is 2.41. The second kappa shape index (κ2) is 8.67. The van der Waals surface area contributed by atoms with Gasteiger partial charge in [0.15, 0.2) is 0 Å². The Labute approximate surface area is 163 Å². The SMILES string of the molecule is COc1ccc2c(c1)N(c1ccccc1)C(=O)C2C(C)NNC(=O)CCC=O. The Morgan fingerprint density at radius 1 is 1.25 bits per heavy atom. The number of nitrogens with one attached hydrogen (secondary N) is 2. The maximum absolute atomic E-state index is 13.3. The summed E-state index contributed by atoms with van der Waals surface area (Å²) in [6.07, 6.45) is 0.964. The highest BCUT2D eigenvalue weighted by molar-refractivity contribution is 6.10. The molecular weight excluding hydrogens is 358 g/mol. The van der Waals surface area contributed by atoms with Crippen LogP contribution in [0, 0.1) is 0 Å². The lowest BCUT2D eigenvalue weighted by atomic mass is 9.94. The van der Waals surface area contributed by atoms with Crippen molar-refractivity contribution in [2.24, 2.45) is 0 Å². The summed E-state index contributed by atoms with van der Waals surface area (Å²) >= 11 is 0. The smallest absolute Gasteiger partial charge is 0.240 e. The van der Waals surface area contributed by atoms with Crippen LogP contribution in [-0.4, -0.2) is 31.3 Å². The van der Waals surface area contributed by atoms with Gasteiger partial charge in [-0.3, -0.25) is 19.9 Å². The summed E-state index contributed by atoms with van der Waals surface area (Å²) in [6, 6.07) is 14.6. The lowest BCUT2D eigenvalue weighted by Gasteiger charge is -2.22. The van der Waals surface area contributed by atoms with Gasteiger partial charge >= 0.3 is 0 Å². The van der Waals surface area contributed by atoms with Crippen molar-refractivity contribution in [3.05, 3.63) is 54.1 Å². The highest BCUT2D eigenvalue weighted by Crippen LogP contribution is 2.44. The van der Waals surface area contributed by atoms with Crippen LogP contribution >= 0.6 is 0 Å². The number of fused-ring (bicyclic) bond motifs is 1. The van der Waals surface area contributed by atoms with E-state index in [1.165, 1.54) is 0 Å². The zero-order valence-corrected chi connectivity index (χ0v) is 15.8. The molecule has 1 heterocycles. The van der Waals surface area contributed by atoms with Gasteiger partial charge in [0.25, 0.3) is 0 Å². The van der Waals surface area contributed by atoms with Crippen LogP contribution in [-0.2, 0) is 14.4 Å². The molecule has 0 saturated carbocycles. The molecule has 0 aliphatic carbocycles. The number of nitrogens with zero attached hydrogens (tertiary/aromatic N) is 1. The number of hydrazine groups is 1. The molecule has 2 unspecified atom stereocenters. The molecule has 2 aromatic carbocycles. The standard InChI is InChI=1S/C21H23N3O4/c1-14(22-23-19(26)9-6-12-25)20-17-11-10-16(28-2)13-18(17)24(21(20)27)15-7-4-3-5-8-15/h3-5,7-8,10-14,20,22H,6,9H2,1-2H3,(H,23,26). The normalized spacial score (nSPS) is 16.4. The van der Waals surface area contributed by atoms with E-state index in [9.17, 15) is 14.4 Å². The fourth-order valence-electron chi connectivity index (χ4n) is 3.35. The van der Waals surface area contributed by atoms with Crippen molar-refractivity contribution < 1.29 is 19.1 Å². The van der Waals surface area contributed by atoms with Crippen LogP contribution in [0.2, 0.25) is 0 Å². The number of hydrogen-bond donors (Lipinski definition) is 2. The number of para-hydroxylation sites is 1. The number of hydrogen-bond acceptors (Lipinski definition) is 5. The van der Waals surface area contributed by atoms with E-state index in [1.807, 2.05) is 55.5 Å². The Bertz CT molecular complexity index is 869. The Morgan fingerprint density at radius 2 is 2.00 bits per heavy atom. The molecule has 1 aliphatic rings. The molecule has 1 aliphatic heterocycles. The predicted molar refractivity (Wildman–Crippen MR) is 105 cm³/mol. The van der Waals surface area contributed by atoms with Crippen molar-refractivity contribution >= 4 is 29.5 Å². The molecule has 0 bridgehead atoms. The molecule has 2 atom stereocenters. The molecule has 146 valence electrons. The van der Waals surface area contributed by atoms with E-state index in [-0.39, 0.29) is 30.7 Å². The van der Waals surface area contributed by atoms with Crippen molar-refractivity contribution in [1.82, 2.24) is 10.9 Å². The molecule has 0 saturated heterocycles. The number of methoxy groups -OCH3 is 1. The number of carbonyl (C=O) groups excluding carboxylic acids is 3. The molecule has 0 fully saturated rings. The summed E-state index contributed by atoms with van der Waals surface area (Å²) in [4.78, 5) is 37.2. The zero-order valence-electron chi connectivity index (χ0n) is 15.8. The molecule has 7 nitrogen and oxygen atoms in total. The Balaban J connectivity index is 1.87. The second-order valence-corrected chi connectivity index (χ2v) is 6.60. The summed E-state index contributed by atoms with van der Waals surface area (Å²) in [5.41, 5.74) is 7.88. The lowest BCUT2D eigenvalue weighted by Crippen LogP contribution is -2.47. The summed E-state index contributed by atoms with van der Waals surface area (Å²) in [5.74, 6) is -0.195. The van der Waals surface area contributed by atoms with Crippen molar-refractivity contribution in [3.8, 4) is 5.75 Å². The first-order valence-electron chi connectivity index (χ1n) is 9.11. The van der Waals surface area contributed by atoms with Gasteiger partial charge in [-0.25, -0.2) is 5.43 Å². The third-order valence-electron chi connectivity index (χ3n) is 4.74. The third kappa shape index (κ3) is 3.89. The molecule has 0 radical (unpaired) electrons. The van der Waals surface area contributed by atoms with Crippen LogP contribution in [0.25, 0.3) is 0 Å². The van der Waals surface area contributed by atoms with E-state index in [2.05, 4.69) is 10.9 Å². The van der Waals surface area contributed by atoms with Gasteiger partial charge < -0.3 is 9.53 Å². The number of benzene rings is 2. The summed E-state index contributed by atoms with van der Waals surface area (Å²) in [5, 5.41) is 0. The van der Waals surface area contributed by atoms with Crippen LogP contribution in [0.5, 0.6) is 5.75 Å². The van der Waals surface area contributed by atoms with Gasteiger partial charge in [-0.05, 0) is 30.7 Å². The number of ether oxygens (including phenoxy) is 1. The average Bonchev–Trinajstić information content (AvgIpc) is 3.01. The van der Waals surface area contributed by atoms with E-state index in [0.29, 0.717) is 12.0 Å². The molecule has 2 aromatic rings. The fraction of sp³-hybridized carbons (Fsp3) is 0.286. The molecule has 28 heavy (non-hydrogen) atoms. The number of amides is 2. The minimum atomic E-state index is -0.479. The minimum absolute atomic E-state index is 0.0865. The van der Waals surface area contributed by atoms with E-state index in [0.717, 1.165) is 16.9 Å². The van der Waals surface area contributed by atoms with Crippen molar-refractivity contribution in [1.29, 1.82) is 0 Å². The monoisotopic (exact) mass is 381 g/mol. The Hall–Kier alpha value is -3.19. The topological polar surface area (TPSA) is 87.7 Å². The number of rotatable bonds is 8. The van der Waals surface area contributed by atoms with E-state index < -0.39 is 5.92 Å². The van der Waals surface area contributed by atoms with Gasteiger partial charge in [0.1, 0.15) is 12.0 Å². The average molecular weight is 381 g/mol. The first-order chi connectivity index (χ1) is 13.6. The van der Waals surface area contributed by atoms with Gasteiger partial charge in [-0.2, -0.15) is 0 Å². The van der Waals surface area contributed by atoms with Gasteiger partial charge in [0.2, 0.25) is 11.8 Å². The molecule has 0 aromatic heterocycles. The van der Waals surface area contributed by atoms with E-state index >= 15 is 0 Å². The van der Waals surface area contributed by atoms with Gasteiger partial charge in [-0.15, -0.1) is 0 Å². The number of anilines is 2. The van der Waals surface area contributed by atoms with E-state index in [1.54, 1.807) is 12.0 Å². The molecule has 3 rings (SSSR count). The highest BCUT2D eigenvalue weighted by atomic mass is 16.5. The maximum atomic E-state index is 13.3. The fourth-order valence-corrected chi connectivity index (χ4v) is 3.35. The van der Waals surface area contributed by atoms with Crippen molar-refractivity contribution in [2.45, 2.75) is 31.7 Å². The van der Waals surface area contributed by atoms with Crippen LogP contribution in [0.4, 0.5) is 11.4 Å². The first-order valence-corrected chi connectivity index (χ1v) is 9.11. The van der Waals surface area contributed by atoms with Crippen LogP contribution in [0.15, 0.2) is 48.5 Å². The Morgan fingerprint density at radius 3 is 2.68 bits per heavy atom. The largest absolute Gasteiger partial charge is 0.497 e. The Kier molecular flexibility index (Phi) is 6.06. The number of carbonyl (C=O) groups is 3. The van der Waals surface area contributed by atoms with Crippen LogP contribution < -0.4 is 20.5 Å². The summed E-state index contributed by atoms with van der Waals surface area (Å²) < 4.78 is 5.33. The van der Waals surface area contributed by atoms with Gasteiger partial charge in [-0.1, -0.05) is 24.3 Å². The minimum Gasteiger partial charge on any atom is -0.497 e. The number of aldehydes is 1. The van der Waals surface area contributed by atoms with Crippen LogP contribution in [0.3, 0.4) is 0 Å². The van der Waals surface area contributed by atoms with Gasteiger partial charge in [0.05, 0.1) is 18.7 Å². The molecule has 2 amide bonds. The second-order valence-electron chi connectivity index (χ2n) is 6.60. The molecule has 2 N–H and O–H groups in total. The summed E-state index contributed by atoms with van der Waals surface area (Å²) in [6.45, 7) is 1.84. The molecule has 0 spiro atoms. The predicted octanol–water partition coefficient (Wildman–Crippen LogP) is 2.45. The van der Waals surface area contributed by atoms with Gasteiger partial charge in [0, 0.05) is 30.6 Å². The van der Waals surface area contributed by atoms with Crippen molar-refractivity contribution in [2.75, 3.05) is 12.0 Å². The zero-order chi connectivity index (χ0) is 20.1. The van der Waals surface area contributed by atoms with Crippen molar-refractivity contribution in [3.63, 3.8) is 0 Å². The molecular formula is C21H23N3O4. The quantitative estimate of drug-likeness (QED) is 0.542. The summed E-state index contributed by atoms with van der Waals surface area (Å²) in [7, 11) is 1.59. The van der Waals surface area contributed by atoms with E-state index in [4.69, 9.17) is 4.74 Å². The lowest BCUT2D eigenvalue weighted by molar-refractivity contribution is -0.124.